The molecule has 0 saturated carbocycles. The van der Waals surface area contributed by atoms with Gasteiger partial charge in [0.15, 0.2) is 5.82 Å². The van der Waals surface area contributed by atoms with Crippen LogP contribution in [-0.2, 0) is 13.0 Å². The van der Waals surface area contributed by atoms with Crippen molar-refractivity contribution < 1.29 is 0 Å². The van der Waals surface area contributed by atoms with E-state index in [4.69, 9.17) is 4.98 Å². The summed E-state index contributed by atoms with van der Waals surface area (Å²) in [6.45, 7) is 6.00. The standard InChI is InChI=1S/C20H19BrN4/c1-13-14(2)23-19(16-6-9-22-10-7-16)24-20(13)25-11-8-15-4-3-5-18(21)17(15)12-25/h3-7,9-10H,8,11-12H2,1-2H3. The summed E-state index contributed by atoms with van der Waals surface area (Å²) in [5.74, 6) is 1.79. The summed E-state index contributed by atoms with van der Waals surface area (Å²) in [6.07, 6.45) is 4.59. The van der Waals surface area contributed by atoms with E-state index in [0.717, 1.165) is 48.0 Å². The topological polar surface area (TPSA) is 41.9 Å². The minimum Gasteiger partial charge on any atom is -0.352 e. The van der Waals surface area contributed by atoms with E-state index in [9.17, 15) is 0 Å². The number of halogens is 1. The summed E-state index contributed by atoms with van der Waals surface area (Å²) < 4.78 is 1.17. The van der Waals surface area contributed by atoms with E-state index in [2.05, 4.69) is 62.8 Å². The molecule has 0 saturated heterocycles. The van der Waals surface area contributed by atoms with Gasteiger partial charge in [0.05, 0.1) is 0 Å². The minimum absolute atomic E-state index is 0.762. The summed E-state index contributed by atoms with van der Waals surface area (Å²) in [6, 6.07) is 10.4. The van der Waals surface area contributed by atoms with Gasteiger partial charge in [0.2, 0.25) is 0 Å². The number of rotatable bonds is 2. The molecule has 0 aliphatic carbocycles. The quantitative estimate of drug-likeness (QED) is 0.642. The minimum atomic E-state index is 0.762. The van der Waals surface area contributed by atoms with Crippen LogP contribution in [0.2, 0.25) is 0 Å². The fourth-order valence-corrected chi connectivity index (χ4v) is 3.80. The van der Waals surface area contributed by atoms with Gasteiger partial charge in [0.1, 0.15) is 5.82 Å². The summed E-state index contributed by atoms with van der Waals surface area (Å²) >= 11 is 3.70. The Morgan fingerprint density at radius 3 is 2.64 bits per heavy atom. The molecule has 0 radical (unpaired) electrons. The van der Waals surface area contributed by atoms with Crippen molar-refractivity contribution in [3.8, 4) is 11.4 Å². The first-order valence-electron chi connectivity index (χ1n) is 8.40. The monoisotopic (exact) mass is 394 g/mol. The molecule has 5 heteroatoms. The largest absolute Gasteiger partial charge is 0.352 e. The third-order valence-electron chi connectivity index (χ3n) is 4.82. The van der Waals surface area contributed by atoms with Crippen molar-refractivity contribution in [2.45, 2.75) is 26.8 Å². The van der Waals surface area contributed by atoms with E-state index in [1.54, 1.807) is 12.4 Å². The van der Waals surface area contributed by atoms with Gasteiger partial charge < -0.3 is 4.90 Å². The van der Waals surface area contributed by atoms with Crippen LogP contribution in [0.5, 0.6) is 0 Å². The molecular weight excluding hydrogens is 376 g/mol. The highest BCUT2D eigenvalue weighted by atomic mass is 79.9. The van der Waals surface area contributed by atoms with Crippen molar-refractivity contribution in [2.75, 3.05) is 11.4 Å². The molecule has 4 nitrogen and oxygen atoms in total. The van der Waals surface area contributed by atoms with Crippen LogP contribution in [0.1, 0.15) is 22.4 Å². The van der Waals surface area contributed by atoms with Crippen LogP contribution >= 0.6 is 15.9 Å². The lowest BCUT2D eigenvalue weighted by atomic mass is 9.99. The van der Waals surface area contributed by atoms with E-state index in [0.29, 0.717) is 0 Å². The third-order valence-corrected chi connectivity index (χ3v) is 5.56. The van der Waals surface area contributed by atoms with Crippen LogP contribution in [0.4, 0.5) is 5.82 Å². The Morgan fingerprint density at radius 2 is 1.84 bits per heavy atom. The van der Waals surface area contributed by atoms with E-state index in [1.807, 2.05) is 12.1 Å². The Balaban J connectivity index is 1.76. The number of nitrogens with zero attached hydrogens (tertiary/aromatic N) is 4. The van der Waals surface area contributed by atoms with Crippen LogP contribution in [0.25, 0.3) is 11.4 Å². The molecule has 0 fully saturated rings. The highest BCUT2D eigenvalue weighted by molar-refractivity contribution is 9.10. The number of hydrogen-bond acceptors (Lipinski definition) is 4. The highest BCUT2D eigenvalue weighted by Crippen LogP contribution is 2.31. The summed E-state index contributed by atoms with van der Waals surface area (Å²) in [4.78, 5) is 16.0. The van der Waals surface area contributed by atoms with Crippen molar-refractivity contribution in [3.05, 3.63) is 69.6 Å². The lowest BCUT2D eigenvalue weighted by Gasteiger charge is -2.32. The number of pyridine rings is 1. The molecule has 1 aromatic carbocycles. The van der Waals surface area contributed by atoms with Gasteiger partial charge in [-0.2, -0.15) is 0 Å². The Kier molecular flexibility index (Phi) is 4.25. The molecule has 0 bridgehead atoms. The van der Waals surface area contributed by atoms with Crippen LogP contribution in [0.3, 0.4) is 0 Å². The molecule has 126 valence electrons. The van der Waals surface area contributed by atoms with Gasteiger partial charge in [-0.05, 0) is 49.6 Å². The molecule has 25 heavy (non-hydrogen) atoms. The first-order chi connectivity index (χ1) is 12.1. The summed E-state index contributed by atoms with van der Waals surface area (Å²) in [5.41, 5.74) is 5.94. The SMILES string of the molecule is Cc1nc(-c2ccncc2)nc(N2CCc3cccc(Br)c3C2)c1C. The second-order valence-electron chi connectivity index (χ2n) is 6.37. The Bertz CT molecular complexity index is 924. The van der Waals surface area contributed by atoms with Crippen molar-refractivity contribution in [2.24, 2.45) is 0 Å². The van der Waals surface area contributed by atoms with Gasteiger partial charge in [0, 0.05) is 46.8 Å². The van der Waals surface area contributed by atoms with E-state index in [1.165, 1.54) is 15.6 Å². The van der Waals surface area contributed by atoms with Gasteiger partial charge in [-0.15, -0.1) is 0 Å². The molecule has 4 rings (SSSR count). The van der Waals surface area contributed by atoms with Crippen LogP contribution in [0, 0.1) is 13.8 Å². The molecule has 3 heterocycles. The highest BCUT2D eigenvalue weighted by Gasteiger charge is 2.22. The van der Waals surface area contributed by atoms with Crippen molar-refractivity contribution in [1.82, 2.24) is 15.0 Å². The zero-order valence-corrected chi connectivity index (χ0v) is 15.9. The van der Waals surface area contributed by atoms with Crippen LogP contribution < -0.4 is 4.90 Å². The number of fused-ring (bicyclic) bond motifs is 1. The molecule has 0 unspecified atom stereocenters. The fourth-order valence-electron chi connectivity index (χ4n) is 3.27. The lowest BCUT2D eigenvalue weighted by molar-refractivity contribution is 0.713. The van der Waals surface area contributed by atoms with E-state index < -0.39 is 0 Å². The predicted molar refractivity (Wildman–Crippen MR) is 104 cm³/mol. The first kappa shape index (κ1) is 16.2. The van der Waals surface area contributed by atoms with E-state index >= 15 is 0 Å². The molecule has 0 N–H and O–H groups in total. The maximum absolute atomic E-state index is 4.90. The molecule has 0 spiro atoms. The maximum Gasteiger partial charge on any atom is 0.161 e. The molecular formula is C20H19BrN4. The molecule has 1 aliphatic heterocycles. The Labute approximate surface area is 156 Å². The van der Waals surface area contributed by atoms with Crippen molar-refractivity contribution >= 4 is 21.7 Å². The zero-order valence-electron chi connectivity index (χ0n) is 14.3. The second-order valence-corrected chi connectivity index (χ2v) is 7.22. The number of aromatic nitrogens is 3. The smallest absolute Gasteiger partial charge is 0.161 e. The van der Waals surface area contributed by atoms with Gasteiger partial charge in [-0.1, -0.05) is 28.1 Å². The third kappa shape index (κ3) is 3.04. The second kappa shape index (κ2) is 6.56. The van der Waals surface area contributed by atoms with Gasteiger partial charge in [0.25, 0.3) is 0 Å². The van der Waals surface area contributed by atoms with Crippen LogP contribution in [-0.4, -0.2) is 21.5 Å². The number of hydrogen-bond donors (Lipinski definition) is 0. The zero-order chi connectivity index (χ0) is 17.4. The van der Waals surface area contributed by atoms with Crippen molar-refractivity contribution in [3.63, 3.8) is 0 Å². The van der Waals surface area contributed by atoms with E-state index in [-0.39, 0.29) is 0 Å². The average molecular weight is 395 g/mol. The number of aryl methyl sites for hydroxylation is 1. The Morgan fingerprint density at radius 1 is 1.04 bits per heavy atom. The van der Waals surface area contributed by atoms with Crippen molar-refractivity contribution in [1.29, 1.82) is 0 Å². The summed E-state index contributed by atoms with van der Waals surface area (Å²) in [7, 11) is 0. The molecule has 0 atom stereocenters. The molecule has 3 aromatic rings. The first-order valence-corrected chi connectivity index (χ1v) is 9.19. The molecule has 1 aliphatic rings. The Hall–Kier alpha value is -2.27. The lowest BCUT2D eigenvalue weighted by Crippen LogP contribution is -2.32. The molecule has 2 aromatic heterocycles. The van der Waals surface area contributed by atoms with Crippen LogP contribution in [0.15, 0.2) is 47.2 Å². The molecule has 0 amide bonds. The summed E-state index contributed by atoms with van der Waals surface area (Å²) in [5, 5.41) is 0. The number of anilines is 1. The fraction of sp³-hybridized carbons (Fsp3) is 0.250. The predicted octanol–water partition coefficient (Wildman–Crippen LogP) is 4.48. The maximum atomic E-state index is 4.90. The van der Waals surface area contributed by atoms with Gasteiger partial charge >= 0.3 is 0 Å². The number of benzene rings is 1. The average Bonchev–Trinajstić information content (AvgIpc) is 2.65. The normalized spacial score (nSPS) is 13.6. The van der Waals surface area contributed by atoms with Gasteiger partial charge in [-0.3, -0.25) is 4.98 Å². The van der Waals surface area contributed by atoms with Gasteiger partial charge in [-0.25, -0.2) is 9.97 Å².